The molecule has 4 heteroatoms. The molecule has 0 radical (unpaired) electrons. The van der Waals surface area contributed by atoms with E-state index < -0.39 is 0 Å². The highest BCUT2D eigenvalue weighted by Crippen LogP contribution is 2.14. The van der Waals surface area contributed by atoms with E-state index in [9.17, 15) is 5.11 Å². The average molecular weight is 140 g/mol. The number of anilines is 1. The predicted molar refractivity (Wildman–Crippen MR) is 31.9 cm³/mol. The predicted octanol–water partition coefficient (Wildman–Crippen LogP) is 0.345. The maximum atomic E-state index is 10.5. The van der Waals surface area contributed by atoms with Gasteiger partial charge in [-0.05, 0) is 12.1 Å². The monoisotopic (exact) mass is 140 g/mol. The molecule has 54 valence electrons. The van der Waals surface area contributed by atoms with Crippen molar-refractivity contribution >= 4 is 5.69 Å². The zero-order valence-electron chi connectivity index (χ0n) is 5.06. The summed E-state index contributed by atoms with van der Waals surface area (Å²) in [5.74, 6) is -0.259. The van der Waals surface area contributed by atoms with Gasteiger partial charge in [0.1, 0.15) is 0 Å². The normalized spacial score (nSPS) is 9.40. The van der Waals surface area contributed by atoms with Crippen LogP contribution >= 0.6 is 0 Å². The summed E-state index contributed by atoms with van der Waals surface area (Å²) in [4.78, 5) is 0. The molecule has 4 nitrogen and oxygen atoms in total. The molecule has 0 saturated heterocycles. The van der Waals surface area contributed by atoms with Crippen molar-refractivity contribution in [3.8, 4) is 5.75 Å². The van der Waals surface area contributed by atoms with Gasteiger partial charge in [0.25, 0.3) is 0 Å². The van der Waals surface area contributed by atoms with Gasteiger partial charge in [-0.1, -0.05) is 12.1 Å². The van der Waals surface area contributed by atoms with Crippen LogP contribution in [0.5, 0.6) is 5.75 Å². The maximum absolute atomic E-state index is 10.5. The first-order valence-corrected chi connectivity index (χ1v) is 2.65. The average Bonchev–Trinajstić information content (AvgIpc) is 1.88. The fourth-order valence-electron chi connectivity index (χ4n) is 0.608. The molecule has 0 amide bonds. The summed E-state index contributed by atoms with van der Waals surface area (Å²) >= 11 is 0. The minimum Gasteiger partial charge on any atom is -0.872 e. The van der Waals surface area contributed by atoms with E-state index in [4.69, 9.17) is 10.4 Å². The Morgan fingerprint density at radius 2 is 2.00 bits per heavy atom. The lowest BCUT2D eigenvalue weighted by molar-refractivity contribution is -0.268. The van der Waals surface area contributed by atoms with E-state index in [2.05, 4.69) is 0 Å². The molecule has 1 rings (SSSR count). The minimum absolute atomic E-state index is 0.0625. The molecule has 0 aliphatic rings. The molecule has 0 aliphatic carbocycles. The van der Waals surface area contributed by atoms with Crippen LogP contribution in [-0.2, 0) is 0 Å². The fourth-order valence-corrected chi connectivity index (χ4v) is 0.608. The number of benzene rings is 1. The molecule has 2 N–H and O–H groups in total. The lowest BCUT2D eigenvalue weighted by Crippen LogP contribution is -2.10. The third-order valence-corrected chi connectivity index (χ3v) is 1.05. The fraction of sp³-hybridized carbons (Fsp3) is 0. The van der Waals surface area contributed by atoms with Crippen LogP contribution in [0.3, 0.4) is 0 Å². The second-order valence-electron chi connectivity index (χ2n) is 1.79. The van der Waals surface area contributed by atoms with Crippen molar-refractivity contribution in [2.24, 2.45) is 0 Å². The molecule has 1 aromatic rings. The first kappa shape index (κ1) is 6.85. The molecule has 1 aromatic carbocycles. The van der Waals surface area contributed by atoms with Crippen LogP contribution in [0.4, 0.5) is 5.69 Å². The van der Waals surface area contributed by atoms with Gasteiger partial charge in [0.2, 0.25) is 0 Å². The van der Waals surface area contributed by atoms with Crippen LogP contribution in [0.1, 0.15) is 0 Å². The molecular weight excluding hydrogens is 134 g/mol. The Hall–Kier alpha value is -1.26. The third kappa shape index (κ3) is 1.37. The quantitative estimate of drug-likeness (QED) is 0.552. The Morgan fingerprint density at radius 1 is 1.30 bits per heavy atom. The van der Waals surface area contributed by atoms with Gasteiger partial charge in [-0.25, -0.2) is 0 Å². The third-order valence-electron chi connectivity index (χ3n) is 1.05. The van der Waals surface area contributed by atoms with Crippen molar-refractivity contribution in [2.75, 3.05) is 5.23 Å². The molecule has 0 aromatic heterocycles. The molecule has 0 atom stereocenters. The molecule has 0 unspecified atom stereocenters. The number of rotatable bonds is 1. The smallest absolute Gasteiger partial charge is 0.0936 e. The Balaban J connectivity index is 2.96. The van der Waals surface area contributed by atoms with E-state index in [1.54, 1.807) is 0 Å². The van der Waals surface area contributed by atoms with Gasteiger partial charge in [0.15, 0.2) is 0 Å². The summed E-state index contributed by atoms with van der Waals surface area (Å²) in [6.45, 7) is 0. The molecule has 0 saturated carbocycles. The summed E-state index contributed by atoms with van der Waals surface area (Å²) in [6, 6.07) is 5.28. The van der Waals surface area contributed by atoms with Crippen LogP contribution in [0, 0.1) is 0 Å². The Labute approximate surface area is 57.5 Å². The van der Waals surface area contributed by atoms with E-state index in [0.29, 0.717) is 0 Å². The molecule has 0 heterocycles. The lowest BCUT2D eigenvalue weighted by Gasteiger charge is -2.10. The largest absolute Gasteiger partial charge is 0.872 e. The zero-order chi connectivity index (χ0) is 7.56. The van der Waals surface area contributed by atoms with Crippen LogP contribution in [0.2, 0.25) is 0 Å². The molecule has 10 heavy (non-hydrogen) atoms. The van der Waals surface area contributed by atoms with Gasteiger partial charge in [0, 0.05) is 0 Å². The first-order valence-electron chi connectivity index (χ1n) is 2.65. The standard InChI is InChI=1S/C6H7NO3/c8-6-3-1-2-5(4-6)7(9)10/h1-4,8-10H/p-1. The molecule has 0 spiro atoms. The van der Waals surface area contributed by atoms with Crippen molar-refractivity contribution in [1.29, 1.82) is 0 Å². The summed E-state index contributed by atoms with van der Waals surface area (Å²) in [6.07, 6.45) is 0. The van der Waals surface area contributed by atoms with Gasteiger partial charge in [-0.3, -0.25) is 10.4 Å². The number of nitrogens with zero attached hydrogens (tertiary/aromatic N) is 1. The van der Waals surface area contributed by atoms with Crippen LogP contribution in [0.15, 0.2) is 24.3 Å². The second kappa shape index (κ2) is 2.55. The highest BCUT2D eigenvalue weighted by atomic mass is 16.8. The summed E-state index contributed by atoms with van der Waals surface area (Å²) < 4.78 is 0. The van der Waals surface area contributed by atoms with Crippen molar-refractivity contribution in [3.63, 3.8) is 0 Å². The molecule has 0 aliphatic heterocycles. The SMILES string of the molecule is [O-]c1cccc(N(O)O)c1. The van der Waals surface area contributed by atoms with Crippen molar-refractivity contribution in [1.82, 2.24) is 0 Å². The zero-order valence-corrected chi connectivity index (χ0v) is 5.06. The van der Waals surface area contributed by atoms with Gasteiger partial charge < -0.3 is 5.11 Å². The number of hydrogen-bond donors (Lipinski definition) is 2. The molecule has 0 bridgehead atoms. The topological polar surface area (TPSA) is 66.8 Å². The van der Waals surface area contributed by atoms with Crippen molar-refractivity contribution in [3.05, 3.63) is 24.3 Å². The van der Waals surface area contributed by atoms with Crippen LogP contribution < -0.4 is 10.3 Å². The maximum Gasteiger partial charge on any atom is 0.0936 e. The van der Waals surface area contributed by atoms with Gasteiger partial charge in [-0.15, -0.1) is 11.0 Å². The van der Waals surface area contributed by atoms with E-state index >= 15 is 0 Å². The molecular formula is C6H6NO3-. The van der Waals surface area contributed by atoms with Gasteiger partial charge >= 0.3 is 0 Å². The summed E-state index contributed by atoms with van der Waals surface area (Å²) in [5.41, 5.74) is 0.0625. The Bertz CT molecular complexity index is 224. The van der Waals surface area contributed by atoms with Gasteiger partial charge in [-0.2, -0.15) is 0 Å². The van der Waals surface area contributed by atoms with Crippen LogP contribution in [-0.4, -0.2) is 10.4 Å². The Morgan fingerprint density at radius 3 is 2.40 bits per heavy atom. The van der Waals surface area contributed by atoms with Crippen molar-refractivity contribution < 1.29 is 15.5 Å². The van der Waals surface area contributed by atoms with Gasteiger partial charge in [0.05, 0.1) is 5.69 Å². The highest BCUT2D eigenvalue weighted by Gasteiger charge is 1.93. The van der Waals surface area contributed by atoms with E-state index in [1.807, 2.05) is 0 Å². The van der Waals surface area contributed by atoms with E-state index in [-0.39, 0.29) is 16.7 Å². The van der Waals surface area contributed by atoms with E-state index in [0.717, 1.165) is 6.07 Å². The second-order valence-corrected chi connectivity index (χ2v) is 1.79. The van der Waals surface area contributed by atoms with Crippen molar-refractivity contribution in [2.45, 2.75) is 0 Å². The first-order chi connectivity index (χ1) is 4.70. The van der Waals surface area contributed by atoms with E-state index in [1.165, 1.54) is 18.2 Å². The van der Waals surface area contributed by atoms with Crippen LogP contribution in [0.25, 0.3) is 0 Å². The number of hydrogen-bond acceptors (Lipinski definition) is 4. The molecule has 0 fully saturated rings. The lowest BCUT2D eigenvalue weighted by atomic mass is 10.3. The Kier molecular flexibility index (Phi) is 1.75. The highest BCUT2D eigenvalue weighted by molar-refractivity contribution is 5.45. The minimum atomic E-state index is -0.259. The summed E-state index contributed by atoms with van der Waals surface area (Å²) in [5, 5.41) is 27.2. The summed E-state index contributed by atoms with van der Waals surface area (Å²) in [7, 11) is 0.